The number of nitrogens with one attached hydrogen (secondary N) is 2. The molecule has 6 heteroatoms. The second kappa shape index (κ2) is 9.22. The van der Waals surface area contributed by atoms with Crippen LogP contribution in [0.2, 0.25) is 0 Å². The van der Waals surface area contributed by atoms with Crippen LogP contribution in [-0.4, -0.2) is 24.6 Å². The monoisotopic (exact) mass is 339 g/mol. The van der Waals surface area contributed by atoms with Crippen LogP contribution in [0.1, 0.15) is 36.2 Å². The number of amides is 2. The number of anilines is 1. The van der Waals surface area contributed by atoms with Gasteiger partial charge in [-0.05, 0) is 54.4 Å². The molecule has 0 aliphatic rings. The normalized spacial score (nSPS) is 10.5. The Morgan fingerprint density at radius 1 is 1.16 bits per heavy atom. The Bertz CT molecular complexity index is 755. The van der Waals surface area contributed by atoms with Crippen molar-refractivity contribution in [2.24, 2.45) is 5.10 Å². The minimum Gasteiger partial charge on any atom is -0.494 e. The summed E-state index contributed by atoms with van der Waals surface area (Å²) in [7, 11) is 0. The van der Waals surface area contributed by atoms with Gasteiger partial charge < -0.3 is 10.1 Å². The van der Waals surface area contributed by atoms with Crippen molar-refractivity contribution in [1.82, 2.24) is 5.43 Å². The molecule has 0 fully saturated rings. The molecule has 0 aromatic heterocycles. The van der Waals surface area contributed by atoms with E-state index in [1.807, 2.05) is 24.3 Å². The molecule has 2 rings (SSSR count). The van der Waals surface area contributed by atoms with E-state index in [2.05, 4.69) is 22.8 Å². The molecule has 0 bridgehead atoms. The summed E-state index contributed by atoms with van der Waals surface area (Å²) in [6, 6.07) is 14.1. The number of rotatable bonds is 7. The van der Waals surface area contributed by atoms with Gasteiger partial charge in [-0.2, -0.15) is 5.10 Å². The molecule has 2 aromatic rings. The fourth-order valence-electron chi connectivity index (χ4n) is 2.04. The van der Waals surface area contributed by atoms with Crippen molar-refractivity contribution in [2.45, 2.75) is 20.3 Å². The van der Waals surface area contributed by atoms with Crippen molar-refractivity contribution < 1.29 is 14.3 Å². The Kier molecular flexibility index (Phi) is 6.71. The van der Waals surface area contributed by atoms with Crippen molar-refractivity contribution in [2.75, 3.05) is 11.9 Å². The molecule has 0 aliphatic carbocycles. The maximum atomic E-state index is 12.1. The Hall–Kier alpha value is -3.15. The quantitative estimate of drug-likeness (QED) is 0.600. The van der Waals surface area contributed by atoms with Gasteiger partial charge in [0.15, 0.2) is 0 Å². The fraction of sp³-hybridized carbons (Fsp3) is 0.211. The van der Waals surface area contributed by atoms with E-state index in [0.29, 0.717) is 17.9 Å². The zero-order valence-corrected chi connectivity index (χ0v) is 14.3. The summed E-state index contributed by atoms with van der Waals surface area (Å²) in [6.45, 7) is 4.15. The maximum Gasteiger partial charge on any atom is 0.271 e. The van der Waals surface area contributed by atoms with E-state index in [4.69, 9.17) is 4.74 Å². The lowest BCUT2D eigenvalue weighted by atomic mass is 10.2. The number of hydrogen-bond acceptors (Lipinski definition) is 4. The number of carbonyl (C=O) groups is 2. The van der Waals surface area contributed by atoms with E-state index >= 15 is 0 Å². The minimum absolute atomic E-state index is 0.193. The minimum atomic E-state index is -0.355. The van der Waals surface area contributed by atoms with E-state index in [9.17, 15) is 9.59 Å². The van der Waals surface area contributed by atoms with E-state index in [-0.39, 0.29) is 11.8 Å². The summed E-state index contributed by atoms with van der Waals surface area (Å²) in [4.78, 5) is 23.1. The summed E-state index contributed by atoms with van der Waals surface area (Å²) >= 11 is 0. The Morgan fingerprint density at radius 2 is 1.92 bits per heavy atom. The van der Waals surface area contributed by atoms with Gasteiger partial charge in [0.1, 0.15) is 5.75 Å². The summed E-state index contributed by atoms with van der Waals surface area (Å²) < 4.78 is 5.51. The lowest BCUT2D eigenvalue weighted by Gasteiger charge is -2.05. The van der Waals surface area contributed by atoms with Gasteiger partial charge in [0.2, 0.25) is 5.91 Å². The van der Waals surface area contributed by atoms with Gasteiger partial charge >= 0.3 is 0 Å². The van der Waals surface area contributed by atoms with Gasteiger partial charge in [-0.15, -0.1) is 0 Å². The van der Waals surface area contributed by atoms with Crippen LogP contribution in [0, 0.1) is 0 Å². The molecular weight excluding hydrogens is 318 g/mol. The van der Waals surface area contributed by atoms with Crippen LogP contribution < -0.4 is 15.5 Å². The molecule has 0 unspecified atom stereocenters. The fourth-order valence-corrected chi connectivity index (χ4v) is 2.04. The van der Waals surface area contributed by atoms with E-state index in [0.717, 1.165) is 17.7 Å². The number of benzene rings is 2. The molecule has 2 N–H and O–H groups in total. The van der Waals surface area contributed by atoms with Gasteiger partial charge in [0.25, 0.3) is 5.91 Å². The smallest absolute Gasteiger partial charge is 0.271 e. The van der Waals surface area contributed by atoms with E-state index in [1.165, 1.54) is 6.92 Å². The number of ether oxygens (including phenoxy) is 1. The number of carbonyl (C=O) groups excluding carboxylic acids is 2. The molecule has 0 spiro atoms. The number of hydrogen-bond donors (Lipinski definition) is 2. The average Bonchev–Trinajstić information content (AvgIpc) is 2.60. The molecule has 2 amide bonds. The second-order valence-electron chi connectivity index (χ2n) is 5.38. The number of hydrazone groups is 1. The van der Waals surface area contributed by atoms with Gasteiger partial charge in [-0.1, -0.05) is 13.0 Å². The second-order valence-corrected chi connectivity index (χ2v) is 5.38. The van der Waals surface area contributed by atoms with Gasteiger partial charge in [0.05, 0.1) is 12.8 Å². The van der Waals surface area contributed by atoms with Crippen molar-refractivity contribution >= 4 is 23.7 Å². The third-order valence-electron chi connectivity index (χ3n) is 3.18. The summed E-state index contributed by atoms with van der Waals surface area (Å²) in [6.07, 6.45) is 2.51. The van der Waals surface area contributed by atoms with Crippen LogP contribution in [0.15, 0.2) is 53.6 Å². The third-order valence-corrected chi connectivity index (χ3v) is 3.18. The Balaban J connectivity index is 1.92. The van der Waals surface area contributed by atoms with Crippen molar-refractivity contribution in [3.05, 3.63) is 59.7 Å². The average molecular weight is 339 g/mol. The first-order valence-corrected chi connectivity index (χ1v) is 8.02. The molecule has 25 heavy (non-hydrogen) atoms. The molecule has 0 radical (unpaired) electrons. The van der Waals surface area contributed by atoms with Crippen molar-refractivity contribution in [3.63, 3.8) is 0 Å². The van der Waals surface area contributed by atoms with Crippen LogP contribution in [0.4, 0.5) is 5.69 Å². The number of nitrogens with zero attached hydrogens (tertiary/aromatic N) is 1. The summed E-state index contributed by atoms with van der Waals surface area (Å²) in [5, 5.41) is 6.58. The highest BCUT2D eigenvalue weighted by atomic mass is 16.5. The molecule has 2 aromatic carbocycles. The van der Waals surface area contributed by atoms with Crippen molar-refractivity contribution in [1.29, 1.82) is 0 Å². The van der Waals surface area contributed by atoms with E-state index < -0.39 is 0 Å². The largest absolute Gasteiger partial charge is 0.494 e. The van der Waals surface area contributed by atoms with Crippen LogP contribution in [0.5, 0.6) is 5.75 Å². The molecule has 0 aliphatic heterocycles. The predicted molar refractivity (Wildman–Crippen MR) is 98.0 cm³/mol. The van der Waals surface area contributed by atoms with E-state index in [1.54, 1.807) is 30.5 Å². The first-order valence-electron chi connectivity index (χ1n) is 8.02. The van der Waals surface area contributed by atoms with Gasteiger partial charge in [-0.3, -0.25) is 9.59 Å². The van der Waals surface area contributed by atoms with Gasteiger partial charge in [-0.25, -0.2) is 5.43 Å². The molecular formula is C19H21N3O3. The highest BCUT2D eigenvalue weighted by Crippen LogP contribution is 2.12. The first-order chi connectivity index (χ1) is 12.1. The zero-order chi connectivity index (χ0) is 18.1. The van der Waals surface area contributed by atoms with Crippen LogP contribution in [0.25, 0.3) is 0 Å². The Morgan fingerprint density at radius 3 is 2.60 bits per heavy atom. The SMILES string of the molecule is CCCOc1ccc(/C=N/NC(=O)c2cccc(NC(C)=O)c2)cc1. The third kappa shape index (κ3) is 6.10. The zero-order valence-electron chi connectivity index (χ0n) is 14.3. The Labute approximate surface area is 146 Å². The molecule has 0 saturated heterocycles. The molecule has 0 atom stereocenters. The van der Waals surface area contributed by atoms with Crippen LogP contribution in [-0.2, 0) is 4.79 Å². The molecule has 130 valence electrons. The van der Waals surface area contributed by atoms with Crippen LogP contribution >= 0.6 is 0 Å². The standard InChI is InChI=1S/C19H21N3O3/c1-3-11-25-18-9-7-15(8-10-18)13-20-22-19(24)16-5-4-6-17(12-16)21-14(2)23/h4-10,12-13H,3,11H2,1-2H3,(H,21,23)(H,22,24)/b20-13+. The molecule has 6 nitrogen and oxygen atoms in total. The lowest BCUT2D eigenvalue weighted by Crippen LogP contribution is -2.18. The van der Waals surface area contributed by atoms with Crippen LogP contribution in [0.3, 0.4) is 0 Å². The van der Waals surface area contributed by atoms with Crippen molar-refractivity contribution in [3.8, 4) is 5.75 Å². The lowest BCUT2D eigenvalue weighted by molar-refractivity contribution is -0.114. The predicted octanol–water partition coefficient (Wildman–Crippen LogP) is 3.20. The summed E-state index contributed by atoms with van der Waals surface area (Å²) in [5.41, 5.74) is 4.28. The highest BCUT2D eigenvalue weighted by molar-refractivity contribution is 5.97. The molecule has 0 heterocycles. The summed E-state index contributed by atoms with van der Waals surface area (Å²) in [5.74, 6) is 0.256. The molecule has 0 saturated carbocycles. The first kappa shape index (κ1) is 18.2. The maximum absolute atomic E-state index is 12.1. The van der Waals surface area contributed by atoms with Gasteiger partial charge in [0, 0.05) is 18.2 Å². The highest BCUT2D eigenvalue weighted by Gasteiger charge is 2.05. The topological polar surface area (TPSA) is 79.8 Å².